The van der Waals surface area contributed by atoms with Crippen LogP contribution < -0.4 is 10.1 Å². The summed E-state index contributed by atoms with van der Waals surface area (Å²) in [7, 11) is 0. The van der Waals surface area contributed by atoms with Gasteiger partial charge in [0.2, 0.25) is 0 Å². The highest BCUT2D eigenvalue weighted by Crippen LogP contribution is 2.34. The highest BCUT2D eigenvalue weighted by Gasteiger charge is 2.21. The first-order chi connectivity index (χ1) is 10.6. The van der Waals surface area contributed by atoms with Crippen LogP contribution in [0.25, 0.3) is 0 Å². The van der Waals surface area contributed by atoms with Gasteiger partial charge >= 0.3 is 5.97 Å². The number of ether oxygens (including phenoxy) is 1. The van der Waals surface area contributed by atoms with E-state index >= 15 is 0 Å². The summed E-state index contributed by atoms with van der Waals surface area (Å²) in [6.45, 7) is 0.525. The SMILES string of the molecule is O=C(O)c1cccc(NC2CCCOc3cc(F)ccc32)n1. The molecule has 0 radical (unpaired) electrons. The number of hydrogen-bond acceptors (Lipinski definition) is 4. The number of nitrogens with zero attached hydrogens (tertiary/aromatic N) is 1. The number of carboxylic acid groups (broad SMARTS) is 1. The van der Waals surface area contributed by atoms with E-state index in [1.165, 1.54) is 18.2 Å². The molecule has 0 aliphatic carbocycles. The maximum absolute atomic E-state index is 13.3. The molecule has 0 amide bonds. The number of nitrogens with one attached hydrogen (secondary N) is 1. The first-order valence-corrected chi connectivity index (χ1v) is 7.02. The summed E-state index contributed by atoms with van der Waals surface area (Å²) in [4.78, 5) is 15.0. The summed E-state index contributed by atoms with van der Waals surface area (Å²) < 4.78 is 18.9. The Balaban J connectivity index is 1.89. The van der Waals surface area contributed by atoms with Gasteiger partial charge in [-0.1, -0.05) is 12.1 Å². The highest BCUT2D eigenvalue weighted by atomic mass is 19.1. The molecular formula is C16H15FN2O3. The fraction of sp³-hybridized carbons (Fsp3) is 0.250. The molecule has 0 fully saturated rings. The first kappa shape index (κ1) is 14.3. The van der Waals surface area contributed by atoms with E-state index in [9.17, 15) is 9.18 Å². The third kappa shape index (κ3) is 3.00. The van der Waals surface area contributed by atoms with Gasteiger partial charge in [0, 0.05) is 11.6 Å². The molecule has 6 heteroatoms. The van der Waals surface area contributed by atoms with Gasteiger partial charge in [-0.2, -0.15) is 0 Å². The minimum absolute atomic E-state index is 0.0193. The van der Waals surface area contributed by atoms with E-state index in [-0.39, 0.29) is 17.6 Å². The average molecular weight is 302 g/mol. The second-order valence-electron chi connectivity index (χ2n) is 5.08. The zero-order valence-electron chi connectivity index (χ0n) is 11.8. The smallest absolute Gasteiger partial charge is 0.354 e. The molecule has 0 spiro atoms. The number of hydrogen-bond donors (Lipinski definition) is 2. The number of anilines is 1. The van der Waals surface area contributed by atoms with Crippen molar-refractivity contribution < 1.29 is 19.0 Å². The third-order valence-electron chi connectivity index (χ3n) is 3.54. The predicted octanol–water partition coefficient (Wildman–Crippen LogP) is 3.24. The fourth-order valence-corrected chi connectivity index (χ4v) is 2.51. The van der Waals surface area contributed by atoms with E-state index in [2.05, 4.69) is 10.3 Å². The summed E-state index contributed by atoms with van der Waals surface area (Å²) in [5.41, 5.74) is 0.829. The van der Waals surface area contributed by atoms with Gasteiger partial charge in [0.25, 0.3) is 0 Å². The van der Waals surface area contributed by atoms with E-state index < -0.39 is 5.97 Å². The van der Waals surface area contributed by atoms with Gasteiger partial charge in [-0.15, -0.1) is 0 Å². The minimum Gasteiger partial charge on any atom is -0.493 e. The van der Waals surface area contributed by atoms with Crippen LogP contribution in [0.2, 0.25) is 0 Å². The Kier molecular flexibility index (Phi) is 3.91. The summed E-state index contributed by atoms with van der Waals surface area (Å²) in [5, 5.41) is 12.2. The van der Waals surface area contributed by atoms with Gasteiger partial charge in [0.15, 0.2) is 5.69 Å². The quantitative estimate of drug-likeness (QED) is 0.910. The fourth-order valence-electron chi connectivity index (χ4n) is 2.51. The number of rotatable bonds is 3. The molecule has 2 heterocycles. The van der Waals surface area contributed by atoms with Crippen molar-refractivity contribution in [3.05, 3.63) is 53.5 Å². The first-order valence-electron chi connectivity index (χ1n) is 7.02. The van der Waals surface area contributed by atoms with Gasteiger partial charge in [-0.05, 0) is 31.0 Å². The average Bonchev–Trinajstić information content (AvgIpc) is 2.69. The maximum Gasteiger partial charge on any atom is 0.354 e. The number of pyridine rings is 1. The highest BCUT2D eigenvalue weighted by molar-refractivity contribution is 5.85. The summed E-state index contributed by atoms with van der Waals surface area (Å²) in [6.07, 6.45) is 1.60. The normalized spacial score (nSPS) is 17.0. The lowest BCUT2D eigenvalue weighted by Crippen LogP contribution is -2.12. The monoisotopic (exact) mass is 302 g/mol. The zero-order chi connectivity index (χ0) is 15.5. The summed E-state index contributed by atoms with van der Waals surface area (Å²) in [6, 6.07) is 9.13. The lowest BCUT2D eigenvalue weighted by Gasteiger charge is -2.19. The molecular weight excluding hydrogens is 287 g/mol. The van der Waals surface area contributed by atoms with Crippen molar-refractivity contribution in [2.45, 2.75) is 18.9 Å². The van der Waals surface area contributed by atoms with Crippen LogP contribution in [0.3, 0.4) is 0 Å². The number of aromatic carboxylic acids is 1. The molecule has 2 aromatic rings. The summed E-state index contributed by atoms with van der Waals surface area (Å²) >= 11 is 0. The standard InChI is InChI=1S/C16H15FN2O3/c17-10-6-7-11-12(4-2-8-22-14(11)9-10)18-15-5-1-3-13(19-15)16(20)21/h1,3,5-7,9,12H,2,4,8H2,(H,18,19)(H,20,21). The molecule has 1 aromatic heterocycles. The molecule has 1 aliphatic rings. The molecule has 1 aromatic carbocycles. The maximum atomic E-state index is 13.3. The van der Waals surface area contributed by atoms with Crippen LogP contribution in [0.5, 0.6) is 5.75 Å². The number of carboxylic acids is 1. The molecule has 1 atom stereocenters. The van der Waals surface area contributed by atoms with Crippen LogP contribution in [0.4, 0.5) is 10.2 Å². The molecule has 0 saturated heterocycles. The third-order valence-corrected chi connectivity index (χ3v) is 3.54. The number of benzene rings is 1. The molecule has 5 nitrogen and oxygen atoms in total. The molecule has 0 saturated carbocycles. The lowest BCUT2D eigenvalue weighted by molar-refractivity contribution is 0.0690. The van der Waals surface area contributed by atoms with E-state index in [1.54, 1.807) is 18.2 Å². The Morgan fingerprint density at radius 2 is 2.23 bits per heavy atom. The van der Waals surface area contributed by atoms with Crippen molar-refractivity contribution in [1.29, 1.82) is 0 Å². The Morgan fingerprint density at radius 3 is 3.05 bits per heavy atom. The van der Waals surface area contributed by atoms with E-state index in [4.69, 9.17) is 9.84 Å². The molecule has 2 N–H and O–H groups in total. The molecule has 0 bridgehead atoms. The van der Waals surface area contributed by atoms with Gasteiger partial charge in [-0.25, -0.2) is 14.2 Å². The van der Waals surface area contributed by atoms with Crippen molar-refractivity contribution in [3.8, 4) is 5.75 Å². The number of halogens is 1. The number of aromatic nitrogens is 1. The van der Waals surface area contributed by atoms with E-state index in [0.717, 1.165) is 18.4 Å². The molecule has 22 heavy (non-hydrogen) atoms. The number of carbonyl (C=O) groups is 1. The van der Waals surface area contributed by atoms with Crippen LogP contribution in [-0.4, -0.2) is 22.7 Å². The Morgan fingerprint density at radius 1 is 1.36 bits per heavy atom. The minimum atomic E-state index is -1.07. The van der Waals surface area contributed by atoms with Gasteiger partial charge in [0.1, 0.15) is 17.4 Å². The van der Waals surface area contributed by atoms with Crippen LogP contribution in [0, 0.1) is 5.82 Å². The Labute approximate surface area is 126 Å². The largest absolute Gasteiger partial charge is 0.493 e. The van der Waals surface area contributed by atoms with Gasteiger partial charge in [-0.3, -0.25) is 0 Å². The second-order valence-corrected chi connectivity index (χ2v) is 5.08. The van der Waals surface area contributed by atoms with Gasteiger partial charge in [0.05, 0.1) is 12.6 Å². The summed E-state index contributed by atoms with van der Waals surface area (Å²) in [5.74, 6) is -0.424. The van der Waals surface area contributed by atoms with Gasteiger partial charge < -0.3 is 15.2 Å². The van der Waals surface area contributed by atoms with Crippen molar-refractivity contribution in [2.75, 3.05) is 11.9 Å². The molecule has 1 unspecified atom stereocenters. The molecule has 114 valence electrons. The molecule has 1 aliphatic heterocycles. The number of fused-ring (bicyclic) bond motifs is 1. The predicted molar refractivity (Wildman–Crippen MR) is 78.7 cm³/mol. The topological polar surface area (TPSA) is 71.5 Å². The van der Waals surface area contributed by atoms with Crippen LogP contribution in [0.1, 0.15) is 34.9 Å². The van der Waals surface area contributed by atoms with Crippen molar-refractivity contribution in [1.82, 2.24) is 4.98 Å². The van der Waals surface area contributed by atoms with Crippen molar-refractivity contribution in [2.24, 2.45) is 0 Å². The molecule has 3 rings (SSSR count). The van der Waals surface area contributed by atoms with Crippen LogP contribution in [-0.2, 0) is 0 Å². The van der Waals surface area contributed by atoms with E-state index in [0.29, 0.717) is 18.2 Å². The van der Waals surface area contributed by atoms with Crippen molar-refractivity contribution >= 4 is 11.8 Å². The van der Waals surface area contributed by atoms with Crippen LogP contribution in [0.15, 0.2) is 36.4 Å². The Hall–Kier alpha value is -2.63. The second kappa shape index (κ2) is 6.01. The lowest BCUT2D eigenvalue weighted by atomic mass is 10.0. The zero-order valence-corrected chi connectivity index (χ0v) is 11.8. The Bertz CT molecular complexity index is 706. The van der Waals surface area contributed by atoms with Crippen LogP contribution >= 0.6 is 0 Å². The van der Waals surface area contributed by atoms with E-state index in [1.807, 2.05) is 0 Å². The van der Waals surface area contributed by atoms with Crippen molar-refractivity contribution in [3.63, 3.8) is 0 Å².